The van der Waals surface area contributed by atoms with Crippen molar-refractivity contribution in [3.63, 3.8) is 0 Å². The first-order valence-corrected chi connectivity index (χ1v) is 5.65. The van der Waals surface area contributed by atoms with Crippen LogP contribution in [-0.4, -0.2) is 43.3 Å². The number of esters is 1. The topological polar surface area (TPSA) is 88.6 Å². The number of carbonyl (C=O) groups is 3. The quantitative estimate of drug-likeness (QED) is 0.619. The van der Waals surface area contributed by atoms with E-state index in [1.165, 1.54) is 24.3 Å². The highest BCUT2D eigenvalue weighted by atomic mass is 16.5. The van der Waals surface area contributed by atoms with Gasteiger partial charge in [0.1, 0.15) is 5.82 Å². The van der Waals surface area contributed by atoms with Gasteiger partial charge in [0.25, 0.3) is 0 Å². The van der Waals surface area contributed by atoms with Crippen molar-refractivity contribution in [2.45, 2.75) is 6.42 Å². The van der Waals surface area contributed by atoms with Crippen molar-refractivity contribution in [2.75, 3.05) is 30.9 Å². The summed E-state index contributed by atoms with van der Waals surface area (Å²) in [5.74, 6) is -0.578. The Hall–Kier alpha value is -2.44. The Morgan fingerprint density at radius 1 is 1.47 bits per heavy atom. The highest BCUT2D eigenvalue weighted by Crippen LogP contribution is 2.27. The van der Waals surface area contributed by atoms with Crippen LogP contribution in [0.3, 0.4) is 0 Å². The zero-order valence-electron chi connectivity index (χ0n) is 10.6. The number of carbonyl (C=O) groups excluding carboxylic acids is 3. The predicted octanol–water partition coefficient (Wildman–Crippen LogP) is 0.216. The predicted molar refractivity (Wildman–Crippen MR) is 67.1 cm³/mol. The number of hydrogen-bond donors (Lipinski definition) is 1. The standard InChI is InChI=1S/C12H13N3O4/c1-13-11-9(15-6-8(16)4-10(15)17)3-7(5-14-11)12(18)19-2/h3,5H,4,6H2,1-2H3,(H,13,14). The van der Waals surface area contributed by atoms with Crippen LogP contribution >= 0.6 is 0 Å². The lowest BCUT2D eigenvalue weighted by molar-refractivity contribution is -0.121. The van der Waals surface area contributed by atoms with Crippen LogP contribution < -0.4 is 10.2 Å². The molecule has 2 heterocycles. The van der Waals surface area contributed by atoms with Crippen LogP contribution in [0.25, 0.3) is 0 Å². The second-order valence-corrected chi connectivity index (χ2v) is 4.03. The number of nitrogens with zero attached hydrogens (tertiary/aromatic N) is 2. The zero-order chi connectivity index (χ0) is 14.0. The lowest BCUT2D eigenvalue weighted by Crippen LogP contribution is -2.26. The van der Waals surface area contributed by atoms with E-state index in [9.17, 15) is 14.4 Å². The van der Waals surface area contributed by atoms with Crippen LogP contribution in [-0.2, 0) is 14.3 Å². The van der Waals surface area contributed by atoms with Gasteiger partial charge in [0, 0.05) is 13.2 Å². The number of hydrogen-bond acceptors (Lipinski definition) is 6. The number of pyridine rings is 1. The zero-order valence-corrected chi connectivity index (χ0v) is 10.6. The Balaban J connectivity index is 2.44. The molecule has 0 aliphatic carbocycles. The molecule has 0 unspecified atom stereocenters. The number of anilines is 2. The molecule has 7 nitrogen and oxygen atoms in total. The van der Waals surface area contributed by atoms with E-state index in [4.69, 9.17) is 0 Å². The molecule has 1 N–H and O–H groups in total. The molecule has 0 spiro atoms. The lowest BCUT2D eigenvalue weighted by Gasteiger charge is -2.18. The Morgan fingerprint density at radius 2 is 2.21 bits per heavy atom. The molecule has 0 aromatic carbocycles. The van der Waals surface area contributed by atoms with E-state index in [0.29, 0.717) is 11.5 Å². The monoisotopic (exact) mass is 263 g/mol. The number of aromatic nitrogens is 1. The van der Waals surface area contributed by atoms with E-state index in [1.54, 1.807) is 7.05 Å². The van der Waals surface area contributed by atoms with Gasteiger partial charge < -0.3 is 15.0 Å². The SMILES string of the molecule is CNc1ncc(C(=O)OC)cc1N1CC(=O)CC1=O. The average molecular weight is 263 g/mol. The van der Waals surface area contributed by atoms with E-state index >= 15 is 0 Å². The number of nitrogens with one attached hydrogen (secondary N) is 1. The molecule has 1 aromatic rings. The van der Waals surface area contributed by atoms with E-state index < -0.39 is 5.97 Å². The molecule has 1 amide bonds. The van der Waals surface area contributed by atoms with Crippen LogP contribution in [0.1, 0.15) is 16.8 Å². The highest BCUT2D eigenvalue weighted by Gasteiger charge is 2.31. The molecular formula is C12H13N3O4. The molecule has 1 fully saturated rings. The molecule has 19 heavy (non-hydrogen) atoms. The average Bonchev–Trinajstić information content (AvgIpc) is 2.76. The maximum absolute atomic E-state index is 11.7. The molecular weight excluding hydrogens is 250 g/mol. The van der Waals surface area contributed by atoms with Crippen LogP contribution in [0.5, 0.6) is 0 Å². The van der Waals surface area contributed by atoms with Gasteiger partial charge in [-0.05, 0) is 6.07 Å². The summed E-state index contributed by atoms with van der Waals surface area (Å²) in [7, 11) is 2.91. The molecule has 1 aliphatic heterocycles. The third kappa shape index (κ3) is 2.40. The van der Waals surface area contributed by atoms with Gasteiger partial charge in [-0.25, -0.2) is 9.78 Å². The van der Waals surface area contributed by atoms with Crippen LogP contribution in [0.2, 0.25) is 0 Å². The number of ether oxygens (including phenoxy) is 1. The molecule has 1 aliphatic rings. The summed E-state index contributed by atoms with van der Waals surface area (Å²) < 4.78 is 4.61. The first kappa shape index (κ1) is 13.0. The van der Waals surface area contributed by atoms with Gasteiger partial charge >= 0.3 is 5.97 Å². The van der Waals surface area contributed by atoms with Crippen molar-refractivity contribution in [1.82, 2.24) is 4.98 Å². The smallest absolute Gasteiger partial charge is 0.339 e. The third-order valence-electron chi connectivity index (χ3n) is 2.80. The Labute approximate surface area is 109 Å². The summed E-state index contributed by atoms with van der Waals surface area (Å²) in [6, 6.07) is 1.49. The number of Topliss-reactive ketones (excluding diaryl/α,β-unsaturated/α-hetero) is 1. The summed E-state index contributed by atoms with van der Waals surface area (Å²) in [4.78, 5) is 39.9. The second-order valence-electron chi connectivity index (χ2n) is 4.03. The van der Waals surface area contributed by atoms with Crippen LogP contribution in [0.15, 0.2) is 12.3 Å². The molecule has 7 heteroatoms. The molecule has 0 radical (unpaired) electrons. The summed E-state index contributed by atoms with van der Waals surface area (Å²) in [5, 5.41) is 2.82. The summed E-state index contributed by atoms with van der Waals surface area (Å²) in [6.45, 7) is -0.000179. The van der Waals surface area contributed by atoms with Crippen LogP contribution in [0.4, 0.5) is 11.5 Å². The summed E-state index contributed by atoms with van der Waals surface area (Å²) in [6.07, 6.45) is 1.23. The van der Waals surface area contributed by atoms with Crippen molar-refractivity contribution in [1.29, 1.82) is 0 Å². The minimum atomic E-state index is -0.547. The molecule has 0 atom stereocenters. The van der Waals surface area contributed by atoms with Gasteiger partial charge in [-0.3, -0.25) is 9.59 Å². The maximum Gasteiger partial charge on any atom is 0.339 e. The minimum absolute atomic E-state index is 0.000179. The normalized spacial score (nSPS) is 14.7. The number of methoxy groups -OCH3 is 1. The molecule has 1 saturated heterocycles. The van der Waals surface area contributed by atoms with Crippen molar-refractivity contribution >= 4 is 29.2 Å². The molecule has 100 valence electrons. The molecule has 0 bridgehead atoms. The minimum Gasteiger partial charge on any atom is -0.465 e. The Kier molecular flexibility index (Phi) is 3.46. The van der Waals surface area contributed by atoms with Gasteiger partial charge in [-0.15, -0.1) is 0 Å². The molecule has 1 aromatic heterocycles. The second kappa shape index (κ2) is 5.05. The fourth-order valence-corrected chi connectivity index (χ4v) is 1.89. The van der Waals surface area contributed by atoms with Gasteiger partial charge in [-0.1, -0.05) is 0 Å². The molecule has 2 rings (SSSR count). The van der Waals surface area contributed by atoms with Gasteiger partial charge in [0.05, 0.1) is 31.3 Å². The fraction of sp³-hybridized carbons (Fsp3) is 0.333. The first-order valence-electron chi connectivity index (χ1n) is 5.65. The fourth-order valence-electron chi connectivity index (χ4n) is 1.89. The Morgan fingerprint density at radius 3 is 2.74 bits per heavy atom. The van der Waals surface area contributed by atoms with E-state index in [-0.39, 0.29) is 30.2 Å². The van der Waals surface area contributed by atoms with E-state index in [0.717, 1.165) is 0 Å². The van der Waals surface area contributed by atoms with Crippen molar-refractivity contribution in [3.05, 3.63) is 17.8 Å². The Bertz CT molecular complexity index is 556. The van der Waals surface area contributed by atoms with E-state index in [1.807, 2.05) is 0 Å². The first-order chi connectivity index (χ1) is 9.06. The van der Waals surface area contributed by atoms with Gasteiger partial charge in [0.15, 0.2) is 5.78 Å². The van der Waals surface area contributed by atoms with Crippen molar-refractivity contribution in [3.8, 4) is 0 Å². The number of rotatable bonds is 3. The van der Waals surface area contributed by atoms with E-state index in [2.05, 4.69) is 15.0 Å². The largest absolute Gasteiger partial charge is 0.465 e. The van der Waals surface area contributed by atoms with Gasteiger partial charge in [0.2, 0.25) is 5.91 Å². The lowest BCUT2D eigenvalue weighted by atomic mass is 10.2. The number of amides is 1. The van der Waals surface area contributed by atoms with Gasteiger partial charge in [-0.2, -0.15) is 0 Å². The highest BCUT2D eigenvalue weighted by molar-refractivity contribution is 6.16. The van der Waals surface area contributed by atoms with Crippen LogP contribution in [0, 0.1) is 0 Å². The van der Waals surface area contributed by atoms with Crippen molar-refractivity contribution in [2.24, 2.45) is 0 Å². The summed E-state index contributed by atoms with van der Waals surface area (Å²) in [5.41, 5.74) is 0.630. The van der Waals surface area contributed by atoms with Crippen molar-refractivity contribution < 1.29 is 19.1 Å². The molecule has 0 saturated carbocycles. The maximum atomic E-state index is 11.7. The third-order valence-corrected chi connectivity index (χ3v) is 2.80. The number of ketones is 1. The summed E-state index contributed by atoms with van der Waals surface area (Å²) >= 11 is 0.